The molecule has 6 heteroatoms. The average molecular weight is 327 g/mol. The first-order chi connectivity index (χ1) is 11.7. The highest BCUT2D eigenvalue weighted by molar-refractivity contribution is 5.91. The summed E-state index contributed by atoms with van der Waals surface area (Å²) in [6.07, 6.45) is 1.61. The lowest BCUT2D eigenvalue weighted by atomic mass is 10.1. The van der Waals surface area contributed by atoms with E-state index >= 15 is 0 Å². The molecule has 24 heavy (non-hydrogen) atoms. The fourth-order valence-electron chi connectivity index (χ4n) is 3.05. The minimum absolute atomic E-state index is 0.0357. The third-order valence-corrected chi connectivity index (χ3v) is 4.21. The van der Waals surface area contributed by atoms with Crippen LogP contribution in [0.3, 0.4) is 0 Å². The summed E-state index contributed by atoms with van der Waals surface area (Å²) in [6.45, 7) is 3.03. The lowest BCUT2D eigenvalue weighted by Crippen LogP contribution is -2.37. The Hall–Kier alpha value is -2.57. The van der Waals surface area contributed by atoms with Crippen LogP contribution in [0.5, 0.6) is 0 Å². The van der Waals surface area contributed by atoms with Gasteiger partial charge in [0.15, 0.2) is 0 Å². The molecule has 0 spiro atoms. The molecule has 0 amide bonds. The van der Waals surface area contributed by atoms with Crippen molar-refractivity contribution in [3.8, 4) is 0 Å². The number of aromatic carboxylic acids is 1. The molecule has 124 valence electrons. The van der Waals surface area contributed by atoms with E-state index in [9.17, 15) is 4.79 Å². The Morgan fingerprint density at radius 3 is 3.00 bits per heavy atom. The van der Waals surface area contributed by atoms with Gasteiger partial charge in [0.25, 0.3) is 0 Å². The summed E-state index contributed by atoms with van der Waals surface area (Å²) in [5.74, 6) is -0.246. The molecule has 0 bridgehead atoms. The molecular weight excluding hydrogens is 310 g/mol. The monoisotopic (exact) mass is 327 g/mol. The number of fused-ring (bicyclic) bond motifs is 1. The van der Waals surface area contributed by atoms with Crippen LogP contribution in [0.25, 0.3) is 11.0 Å². The smallest absolute Gasteiger partial charge is 0.371 e. The van der Waals surface area contributed by atoms with Crippen molar-refractivity contribution in [2.75, 3.05) is 19.7 Å². The summed E-state index contributed by atoms with van der Waals surface area (Å²) < 4.78 is 16.5. The van der Waals surface area contributed by atoms with Gasteiger partial charge in [0.1, 0.15) is 17.4 Å². The van der Waals surface area contributed by atoms with Crippen molar-refractivity contribution in [2.45, 2.75) is 12.6 Å². The van der Waals surface area contributed by atoms with E-state index in [1.165, 1.54) is 0 Å². The second-order valence-corrected chi connectivity index (χ2v) is 5.90. The van der Waals surface area contributed by atoms with Crippen LogP contribution in [-0.2, 0) is 11.3 Å². The first-order valence-electron chi connectivity index (χ1n) is 7.82. The summed E-state index contributed by atoms with van der Waals surface area (Å²) in [5.41, 5.74) is 1.70. The molecule has 2 aromatic heterocycles. The van der Waals surface area contributed by atoms with Gasteiger partial charge in [-0.15, -0.1) is 0 Å². The van der Waals surface area contributed by atoms with Crippen LogP contribution >= 0.6 is 0 Å². The average Bonchev–Trinajstić information content (AvgIpc) is 3.24. The minimum atomic E-state index is -1.05. The van der Waals surface area contributed by atoms with Crippen molar-refractivity contribution >= 4 is 16.9 Å². The van der Waals surface area contributed by atoms with Gasteiger partial charge in [-0.25, -0.2) is 4.79 Å². The summed E-state index contributed by atoms with van der Waals surface area (Å²) in [7, 11) is 0. The number of rotatable bonds is 4. The number of ether oxygens (including phenoxy) is 1. The van der Waals surface area contributed by atoms with Crippen LogP contribution in [0.15, 0.2) is 51.5 Å². The molecule has 4 rings (SSSR count). The van der Waals surface area contributed by atoms with Crippen molar-refractivity contribution in [3.63, 3.8) is 0 Å². The highest BCUT2D eigenvalue weighted by Crippen LogP contribution is 2.25. The molecular formula is C18H17NO5. The van der Waals surface area contributed by atoms with Crippen LogP contribution in [0, 0.1) is 0 Å². The second kappa shape index (κ2) is 6.14. The molecule has 1 fully saturated rings. The molecule has 1 aliphatic rings. The Kier molecular flexibility index (Phi) is 3.84. The van der Waals surface area contributed by atoms with E-state index in [1.54, 1.807) is 12.3 Å². The van der Waals surface area contributed by atoms with Crippen molar-refractivity contribution in [2.24, 2.45) is 0 Å². The molecule has 3 heterocycles. The lowest BCUT2D eigenvalue weighted by molar-refractivity contribution is -0.0427. The molecule has 1 atom stereocenters. The Labute approximate surface area is 138 Å². The highest BCUT2D eigenvalue weighted by Gasteiger charge is 2.24. The number of carboxylic acids is 1. The number of nitrogens with zero attached hydrogens (tertiary/aromatic N) is 1. The number of morpholine rings is 1. The molecule has 1 N–H and O–H groups in total. The zero-order valence-corrected chi connectivity index (χ0v) is 13.0. The van der Waals surface area contributed by atoms with Gasteiger partial charge >= 0.3 is 5.97 Å². The summed E-state index contributed by atoms with van der Waals surface area (Å²) >= 11 is 0. The van der Waals surface area contributed by atoms with Gasteiger partial charge in [-0.1, -0.05) is 6.07 Å². The fourth-order valence-corrected chi connectivity index (χ4v) is 3.05. The normalized spacial score (nSPS) is 18.9. The van der Waals surface area contributed by atoms with Crippen molar-refractivity contribution in [3.05, 3.63) is 59.7 Å². The number of carbonyl (C=O) groups is 1. The summed E-state index contributed by atoms with van der Waals surface area (Å²) in [6, 6.07) is 11.1. The van der Waals surface area contributed by atoms with Crippen molar-refractivity contribution in [1.29, 1.82) is 0 Å². The minimum Gasteiger partial charge on any atom is -0.475 e. The Morgan fingerprint density at radius 2 is 2.21 bits per heavy atom. The fraction of sp³-hybridized carbons (Fsp3) is 0.278. The first kappa shape index (κ1) is 15.0. The topological polar surface area (TPSA) is 76.0 Å². The number of furan rings is 2. The van der Waals surface area contributed by atoms with E-state index in [0.29, 0.717) is 12.2 Å². The quantitative estimate of drug-likeness (QED) is 0.792. The molecule has 1 aromatic carbocycles. The number of hydrogen-bond donors (Lipinski definition) is 1. The Bertz CT molecular complexity index is 852. The van der Waals surface area contributed by atoms with Gasteiger partial charge < -0.3 is 18.7 Å². The van der Waals surface area contributed by atoms with Crippen LogP contribution in [0.4, 0.5) is 0 Å². The highest BCUT2D eigenvalue weighted by atomic mass is 16.5. The SMILES string of the molecule is O=C(O)c1cc2cc(CN3CCOC(c4ccco4)C3)ccc2o1. The van der Waals surface area contributed by atoms with Gasteiger partial charge in [0, 0.05) is 25.0 Å². The van der Waals surface area contributed by atoms with E-state index in [0.717, 1.165) is 36.3 Å². The predicted octanol–water partition coefficient (Wildman–Crippen LogP) is 3.30. The lowest BCUT2D eigenvalue weighted by Gasteiger charge is -2.31. The van der Waals surface area contributed by atoms with Crippen LogP contribution < -0.4 is 0 Å². The Morgan fingerprint density at radius 1 is 1.29 bits per heavy atom. The zero-order chi connectivity index (χ0) is 16.5. The van der Waals surface area contributed by atoms with Crippen LogP contribution in [0.2, 0.25) is 0 Å². The summed E-state index contributed by atoms with van der Waals surface area (Å²) in [5, 5.41) is 9.82. The maximum atomic E-state index is 11.0. The van der Waals surface area contributed by atoms with Gasteiger partial charge in [0.2, 0.25) is 5.76 Å². The van der Waals surface area contributed by atoms with E-state index < -0.39 is 5.97 Å². The number of hydrogen-bond acceptors (Lipinski definition) is 5. The largest absolute Gasteiger partial charge is 0.475 e. The van der Waals surface area contributed by atoms with E-state index in [1.807, 2.05) is 30.3 Å². The first-order valence-corrected chi connectivity index (χ1v) is 7.82. The van der Waals surface area contributed by atoms with E-state index in [2.05, 4.69) is 4.90 Å². The second-order valence-electron chi connectivity index (χ2n) is 5.90. The molecule has 1 unspecified atom stereocenters. The maximum Gasteiger partial charge on any atom is 0.371 e. The summed E-state index contributed by atoms with van der Waals surface area (Å²) in [4.78, 5) is 13.3. The van der Waals surface area contributed by atoms with Crippen molar-refractivity contribution in [1.82, 2.24) is 4.90 Å². The number of carboxylic acid groups (broad SMARTS) is 1. The van der Waals surface area contributed by atoms with Gasteiger partial charge in [0.05, 0.1) is 12.9 Å². The molecule has 0 radical (unpaired) electrons. The maximum absolute atomic E-state index is 11.0. The molecule has 0 saturated carbocycles. The molecule has 6 nitrogen and oxygen atoms in total. The molecule has 0 aliphatic carbocycles. The van der Waals surface area contributed by atoms with Gasteiger partial charge in [-0.2, -0.15) is 0 Å². The van der Waals surface area contributed by atoms with Crippen LogP contribution in [0.1, 0.15) is 28.0 Å². The van der Waals surface area contributed by atoms with Gasteiger partial charge in [-0.3, -0.25) is 4.90 Å². The zero-order valence-electron chi connectivity index (χ0n) is 13.0. The Balaban J connectivity index is 1.50. The third kappa shape index (κ3) is 2.93. The van der Waals surface area contributed by atoms with Crippen LogP contribution in [-0.4, -0.2) is 35.7 Å². The van der Waals surface area contributed by atoms with E-state index in [4.69, 9.17) is 18.7 Å². The predicted molar refractivity (Wildman–Crippen MR) is 85.9 cm³/mol. The molecule has 1 saturated heterocycles. The van der Waals surface area contributed by atoms with E-state index in [-0.39, 0.29) is 11.9 Å². The standard InChI is InChI=1S/C18H17NO5/c20-18(21)16-9-13-8-12(3-4-14(13)24-16)10-19-5-7-23-17(11-19)15-2-1-6-22-15/h1-4,6,8-9,17H,5,7,10-11H2,(H,20,21). The number of benzene rings is 1. The molecule has 1 aliphatic heterocycles. The molecule has 3 aromatic rings. The van der Waals surface area contributed by atoms with Crippen molar-refractivity contribution < 1.29 is 23.5 Å². The van der Waals surface area contributed by atoms with Gasteiger partial charge in [-0.05, 0) is 35.9 Å². The third-order valence-electron chi connectivity index (χ3n) is 4.21.